The average Bonchev–Trinajstić information content (AvgIpc) is 3.46. The summed E-state index contributed by atoms with van der Waals surface area (Å²) in [5, 5.41) is 11.5. The van der Waals surface area contributed by atoms with Crippen LogP contribution in [-0.4, -0.2) is 37.4 Å². The van der Waals surface area contributed by atoms with Crippen LogP contribution in [0.15, 0.2) is 47.4 Å². The molecule has 1 aliphatic rings. The van der Waals surface area contributed by atoms with Gasteiger partial charge in [-0.3, -0.25) is 10.1 Å². The fraction of sp³-hybridized carbons (Fsp3) is 0.286. The van der Waals surface area contributed by atoms with Gasteiger partial charge in [-0.05, 0) is 48.4 Å². The minimum atomic E-state index is -4.05. The van der Waals surface area contributed by atoms with E-state index in [1.54, 1.807) is 25.1 Å². The molecule has 0 aliphatic carbocycles. The van der Waals surface area contributed by atoms with E-state index in [9.17, 15) is 17.6 Å². The summed E-state index contributed by atoms with van der Waals surface area (Å²) in [4.78, 5) is 12.8. The zero-order valence-electron chi connectivity index (χ0n) is 17.7. The highest BCUT2D eigenvalue weighted by molar-refractivity contribution is 7.89. The molecular formula is C21H21FN4O5S2. The van der Waals surface area contributed by atoms with E-state index < -0.39 is 27.8 Å². The van der Waals surface area contributed by atoms with E-state index in [2.05, 4.69) is 20.2 Å². The summed E-state index contributed by atoms with van der Waals surface area (Å²) in [6.45, 7) is 3.76. The van der Waals surface area contributed by atoms with Gasteiger partial charge in [0.05, 0.1) is 4.90 Å². The van der Waals surface area contributed by atoms with Crippen LogP contribution in [0.4, 0.5) is 9.52 Å². The van der Waals surface area contributed by atoms with Crippen LogP contribution in [-0.2, 0) is 14.8 Å². The molecule has 9 nitrogen and oxygen atoms in total. The van der Waals surface area contributed by atoms with E-state index in [0.717, 1.165) is 41.2 Å². The number of nitrogens with one attached hydrogen (secondary N) is 2. The molecule has 2 atom stereocenters. The molecule has 1 aliphatic heterocycles. The van der Waals surface area contributed by atoms with Crippen molar-refractivity contribution in [2.75, 3.05) is 12.1 Å². The van der Waals surface area contributed by atoms with Crippen LogP contribution < -0.4 is 19.5 Å². The van der Waals surface area contributed by atoms with Gasteiger partial charge in [0.25, 0.3) is 0 Å². The lowest BCUT2D eigenvalue weighted by Gasteiger charge is -2.22. The Morgan fingerprint density at radius 3 is 2.61 bits per heavy atom. The summed E-state index contributed by atoms with van der Waals surface area (Å²) in [6, 6.07) is 8.66. The summed E-state index contributed by atoms with van der Waals surface area (Å²) in [5.41, 5.74) is 0.743. The number of amides is 1. The van der Waals surface area contributed by atoms with Crippen molar-refractivity contribution in [2.45, 2.75) is 31.2 Å². The molecule has 2 unspecified atom stereocenters. The third kappa shape index (κ3) is 5.13. The van der Waals surface area contributed by atoms with Gasteiger partial charge >= 0.3 is 0 Å². The van der Waals surface area contributed by atoms with Crippen molar-refractivity contribution in [3.05, 3.63) is 48.3 Å². The second-order valence-electron chi connectivity index (χ2n) is 7.41. The fourth-order valence-corrected chi connectivity index (χ4v) is 5.16. The van der Waals surface area contributed by atoms with Crippen LogP contribution in [0, 0.1) is 11.7 Å². The Morgan fingerprint density at radius 2 is 1.88 bits per heavy atom. The van der Waals surface area contributed by atoms with Crippen molar-refractivity contribution in [1.82, 2.24) is 14.9 Å². The van der Waals surface area contributed by atoms with E-state index in [1.165, 1.54) is 0 Å². The van der Waals surface area contributed by atoms with Crippen LogP contribution in [0.2, 0.25) is 0 Å². The molecule has 2 aromatic carbocycles. The van der Waals surface area contributed by atoms with Crippen LogP contribution in [0.1, 0.15) is 20.3 Å². The third-order valence-electron chi connectivity index (χ3n) is 5.18. The second kappa shape index (κ2) is 9.41. The number of hydrogen-bond donors (Lipinski definition) is 2. The van der Waals surface area contributed by atoms with Gasteiger partial charge in [-0.15, -0.1) is 10.2 Å². The molecule has 1 aromatic heterocycles. The summed E-state index contributed by atoms with van der Waals surface area (Å²) in [6.07, 6.45) is 0.544. The normalized spacial score (nSPS) is 14.6. The lowest BCUT2D eigenvalue weighted by atomic mass is 9.99. The van der Waals surface area contributed by atoms with Gasteiger partial charge in [0.1, 0.15) is 16.9 Å². The number of nitrogens with zero attached hydrogens (tertiary/aromatic N) is 2. The van der Waals surface area contributed by atoms with Crippen LogP contribution in [0.5, 0.6) is 11.5 Å². The van der Waals surface area contributed by atoms with E-state index in [0.29, 0.717) is 22.9 Å². The molecule has 2 heterocycles. The maximum atomic E-state index is 13.2. The highest BCUT2D eigenvalue weighted by atomic mass is 32.2. The largest absolute Gasteiger partial charge is 0.454 e. The lowest BCUT2D eigenvalue weighted by Crippen LogP contribution is -2.47. The maximum Gasteiger partial charge on any atom is 0.244 e. The molecule has 33 heavy (non-hydrogen) atoms. The average molecular weight is 493 g/mol. The Hall–Kier alpha value is -3.09. The number of carbonyl (C=O) groups excluding carboxylic acids is 1. The number of ether oxygens (including phenoxy) is 2. The van der Waals surface area contributed by atoms with E-state index in [-0.39, 0.29) is 22.7 Å². The first-order valence-corrected chi connectivity index (χ1v) is 12.4. The summed E-state index contributed by atoms with van der Waals surface area (Å²) < 4.78 is 51.8. The zero-order valence-corrected chi connectivity index (χ0v) is 19.4. The van der Waals surface area contributed by atoms with Crippen molar-refractivity contribution in [3.8, 4) is 22.1 Å². The number of fused-ring (bicyclic) bond motifs is 1. The SMILES string of the molecule is CCC(C)C(NS(=O)(=O)c1ccc(F)cc1)C(=O)Nc1nnc(-c2ccc3c(c2)OCO3)s1. The number of sulfonamides is 1. The Kier molecular flexibility index (Phi) is 6.58. The number of halogens is 1. The predicted molar refractivity (Wildman–Crippen MR) is 120 cm³/mol. The van der Waals surface area contributed by atoms with E-state index in [4.69, 9.17) is 9.47 Å². The molecule has 3 aromatic rings. The van der Waals surface area contributed by atoms with Gasteiger partial charge in [0.2, 0.25) is 27.9 Å². The monoisotopic (exact) mass is 492 g/mol. The minimum Gasteiger partial charge on any atom is -0.454 e. The van der Waals surface area contributed by atoms with Gasteiger partial charge < -0.3 is 9.47 Å². The van der Waals surface area contributed by atoms with Crippen LogP contribution >= 0.6 is 11.3 Å². The first kappa shape index (κ1) is 23.1. The van der Waals surface area contributed by atoms with Crippen molar-refractivity contribution < 1.29 is 27.1 Å². The molecule has 0 saturated carbocycles. The first-order valence-electron chi connectivity index (χ1n) is 10.1. The molecule has 0 radical (unpaired) electrons. The van der Waals surface area contributed by atoms with Gasteiger partial charge in [0.15, 0.2) is 11.5 Å². The number of aromatic nitrogens is 2. The van der Waals surface area contributed by atoms with E-state index >= 15 is 0 Å². The number of rotatable bonds is 8. The molecule has 0 fully saturated rings. The Morgan fingerprint density at radius 1 is 1.15 bits per heavy atom. The molecule has 4 rings (SSSR count). The minimum absolute atomic E-state index is 0.133. The third-order valence-corrected chi connectivity index (χ3v) is 7.52. The summed E-state index contributed by atoms with van der Waals surface area (Å²) in [5.74, 6) is -0.202. The summed E-state index contributed by atoms with van der Waals surface area (Å²) >= 11 is 1.14. The number of anilines is 1. The number of hydrogen-bond acceptors (Lipinski definition) is 8. The highest BCUT2D eigenvalue weighted by Crippen LogP contribution is 2.37. The molecule has 2 N–H and O–H groups in total. The van der Waals surface area contributed by atoms with Gasteiger partial charge in [-0.1, -0.05) is 31.6 Å². The van der Waals surface area contributed by atoms with E-state index in [1.807, 2.05) is 6.92 Å². The lowest BCUT2D eigenvalue weighted by molar-refractivity contribution is -0.118. The Bertz CT molecular complexity index is 1260. The molecular weight excluding hydrogens is 471 g/mol. The molecule has 0 saturated heterocycles. The molecule has 1 amide bonds. The Labute approximate surface area is 194 Å². The molecule has 174 valence electrons. The van der Waals surface area contributed by atoms with Crippen molar-refractivity contribution >= 4 is 32.4 Å². The van der Waals surface area contributed by atoms with Gasteiger partial charge in [0, 0.05) is 5.56 Å². The number of benzene rings is 2. The number of carbonyl (C=O) groups is 1. The second-order valence-corrected chi connectivity index (χ2v) is 10.1. The Balaban J connectivity index is 1.50. The predicted octanol–water partition coefficient (Wildman–Crippen LogP) is 3.40. The topological polar surface area (TPSA) is 120 Å². The first-order chi connectivity index (χ1) is 15.8. The molecule has 12 heteroatoms. The summed E-state index contributed by atoms with van der Waals surface area (Å²) in [7, 11) is -4.05. The smallest absolute Gasteiger partial charge is 0.244 e. The standard InChI is InChI=1S/C21H21FN4O5S2/c1-3-12(2)18(26-33(28,29)15-7-5-14(22)6-8-15)19(27)23-21-25-24-20(32-21)13-4-9-16-17(10-13)31-11-30-16/h4-10,12,18,26H,3,11H2,1-2H3,(H,23,25,27). The van der Waals surface area contributed by atoms with Crippen LogP contribution in [0.25, 0.3) is 10.6 Å². The molecule has 0 spiro atoms. The van der Waals surface area contributed by atoms with Crippen molar-refractivity contribution in [1.29, 1.82) is 0 Å². The van der Waals surface area contributed by atoms with Gasteiger partial charge in [-0.25, -0.2) is 12.8 Å². The molecule has 0 bridgehead atoms. The highest BCUT2D eigenvalue weighted by Gasteiger charge is 2.30. The fourth-order valence-electron chi connectivity index (χ4n) is 3.12. The maximum absolute atomic E-state index is 13.2. The quantitative estimate of drug-likeness (QED) is 0.495. The zero-order chi connectivity index (χ0) is 23.6. The van der Waals surface area contributed by atoms with Gasteiger partial charge in [-0.2, -0.15) is 4.72 Å². The van der Waals surface area contributed by atoms with Crippen molar-refractivity contribution in [3.63, 3.8) is 0 Å². The van der Waals surface area contributed by atoms with Crippen molar-refractivity contribution in [2.24, 2.45) is 5.92 Å². The van der Waals surface area contributed by atoms with Crippen LogP contribution in [0.3, 0.4) is 0 Å².